The van der Waals surface area contributed by atoms with Gasteiger partial charge in [-0.25, -0.2) is 8.93 Å². The van der Waals surface area contributed by atoms with Crippen LogP contribution in [0.1, 0.15) is 41.0 Å². The zero-order valence-corrected chi connectivity index (χ0v) is 13.2. The van der Waals surface area contributed by atoms with E-state index in [1.54, 1.807) is 20.8 Å². The lowest BCUT2D eigenvalue weighted by atomic mass is 9.97. The van der Waals surface area contributed by atoms with E-state index in [1.165, 1.54) is 13.8 Å². The quantitative estimate of drug-likeness (QED) is 0.766. The highest BCUT2D eigenvalue weighted by atomic mass is 32.2. The molecule has 0 aliphatic heterocycles. The molecule has 0 aromatic rings. The second kappa shape index (κ2) is 7.40. The lowest BCUT2D eigenvalue weighted by Gasteiger charge is -2.30. The van der Waals surface area contributed by atoms with Crippen molar-refractivity contribution in [2.45, 2.75) is 58.0 Å². The van der Waals surface area contributed by atoms with Crippen LogP contribution in [-0.2, 0) is 20.5 Å². The van der Waals surface area contributed by atoms with E-state index in [0.29, 0.717) is 0 Å². The molecule has 0 rings (SSSR count). The Balaban J connectivity index is 5.25. The molecule has 0 fully saturated rings. The Bertz CT molecular complexity index is 353. The summed E-state index contributed by atoms with van der Waals surface area (Å²) < 4.78 is 57.0. The molecule has 0 amide bonds. The van der Waals surface area contributed by atoms with Gasteiger partial charge in [0.1, 0.15) is 6.04 Å². The SMILES string of the molecule is CCOC(=O)[C@@H](CC)[C@@H](N[S@](=O)C(C)(C)C)C(F)(F)F. The highest BCUT2D eigenvalue weighted by Crippen LogP contribution is 2.29. The van der Waals surface area contributed by atoms with Crippen LogP contribution >= 0.6 is 0 Å². The largest absolute Gasteiger partial charge is 0.466 e. The monoisotopic (exact) mass is 317 g/mol. The second-order valence-electron chi connectivity index (χ2n) is 5.29. The van der Waals surface area contributed by atoms with Gasteiger partial charge in [-0.05, 0) is 34.1 Å². The Morgan fingerprint density at radius 2 is 1.75 bits per heavy atom. The summed E-state index contributed by atoms with van der Waals surface area (Å²) >= 11 is 0. The first-order valence-electron chi connectivity index (χ1n) is 6.36. The van der Waals surface area contributed by atoms with Crippen molar-refractivity contribution >= 4 is 17.0 Å². The van der Waals surface area contributed by atoms with Gasteiger partial charge in [-0.2, -0.15) is 13.2 Å². The number of alkyl halides is 3. The van der Waals surface area contributed by atoms with Crippen LogP contribution in [-0.4, -0.2) is 33.8 Å². The first kappa shape index (κ1) is 19.4. The summed E-state index contributed by atoms with van der Waals surface area (Å²) in [4.78, 5) is 11.6. The molecule has 20 heavy (non-hydrogen) atoms. The zero-order chi connectivity index (χ0) is 16.1. The summed E-state index contributed by atoms with van der Waals surface area (Å²) in [5.41, 5.74) is 0. The highest BCUT2D eigenvalue weighted by molar-refractivity contribution is 7.84. The van der Waals surface area contributed by atoms with Gasteiger partial charge >= 0.3 is 12.1 Å². The number of hydrogen-bond acceptors (Lipinski definition) is 3. The third-order valence-electron chi connectivity index (χ3n) is 2.57. The molecule has 0 saturated heterocycles. The van der Waals surface area contributed by atoms with E-state index in [0.717, 1.165) is 0 Å². The molecule has 4 nitrogen and oxygen atoms in total. The Morgan fingerprint density at radius 3 is 2.05 bits per heavy atom. The maximum absolute atomic E-state index is 13.1. The van der Waals surface area contributed by atoms with Crippen molar-refractivity contribution in [2.75, 3.05) is 6.61 Å². The van der Waals surface area contributed by atoms with Crippen LogP contribution in [0.4, 0.5) is 13.2 Å². The standard InChI is InChI=1S/C12H22F3NO3S/c1-6-8(10(17)19-7-2)9(12(13,14)15)16-20(18)11(3,4)5/h8-9,16H,6-7H2,1-5H3/t8-,9+,20+/m0/s1. The molecular weight excluding hydrogens is 295 g/mol. The van der Waals surface area contributed by atoms with Crippen LogP contribution in [0.25, 0.3) is 0 Å². The van der Waals surface area contributed by atoms with Crippen LogP contribution < -0.4 is 4.72 Å². The third-order valence-corrected chi connectivity index (χ3v) is 4.15. The molecule has 0 spiro atoms. The summed E-state index contributed by atoms with van der Waals surface area (Å²) in [5.74, 6) is -2.35. The third kappa shape index (κ3) is 5.78. The smallest absolute Gasteiger partial charge is 0.405 e. The molecule has 0 unspecified atom stereocenters. The van der Waals surface area contributed by atoms with E-state index >= 15 is 0 Å². The molecule has 3 atom stereocenters. The van der Waals surface area contributed by atoms with Crippen molar-refractivity contribution < 1.29 is 26.9 Å². The van der Waals surface area contributed by atoms with Gasteiger partial charge in [0.15, 0.2) is 0 Å². The van der Waals surface area contributed by atoms with Gasteiger partial charge in [0.2, 0.25) is 0 Å². The average molecular weight is 317 g/mol. The van der Waals surface area contributed by atoms with Crippen LogP contribution in [0.15, 0.2) is 0 Å². The fourth-order valence-electron chi connectivity index (χ4n) is 1.46. The van der Waals surface area contributed by atoms with E-state index in [9.17, 15) is 22.2 Å². The van der Waals surface area contributed by atoms with E-state index in [2.05, 4.69) is 4.74 Å². The lowest BCUT2D eigenvalue weighted by molar-refractivity contribution is -0.178. The predicted octanol–water partition coefficient (Wildman–Crippen LogP) is 2.56. The maximum atomic E-state index is 13.1. The van der Waals surface area contributed by atoms with Gasteiger partial charge in [-0.3, -0.25) is 4.79 Å². The van der Waals surface area contributed by atoms with E-state index in [1.807, 2.05) is 4.72 Å². The maximum Gasteiger partial charge on any atom is 0.405 e. The number of carbonyl (C=O) groups excluding carboxylic acids is 1. The number of halogens is 3. The van der Waals surface area contributed by atoms with Crippen molar-refractivity contribution in [1.29, 1.82) is 0 Å². The van der Waals surface area contributed by atoms with Gasteiger partial charge in [-0.15, -0.1) is 0 Å². The summed E-state index contributed by atoms with van der Waals surface area (Å²) in [7, 11) is -1.93. The number of esters is 1. The zero-order valence-electron chi connectivity index (χ0n) is 12.3. The van der Waals surface area contributed by atoms with Crippen LogP contribution in [0.2, 0.25) is 0 Å². The molecule has 120 valence electrons. The molecular formula is C12H22F3NO3S. The molecule has 0 radical (unpaired) electrons. The highest BCUT2D eigenvalue weighted by Gasteiger charge is 2.49. The van der Waals surface area contributed by atoms with E-state index < -0.39 is 39.8 Å². The average Bonchev–Trinajstić information content (AvgIpc) is 2.26. The van der Waals surface area contributed by atoms with Crippen molar-refractivity contribution in [2.24, 2.45) is 5.92 Å². The lowest BCUT2D eigenvalue weighted by Crippen LogP contribution is -2.53. The van der Waals surface area contributed by atoms with Crippen LogP contribution in [0.3, 0.4) is 0 Å². The summed E-state index contributed by atoms with van der Waals surface area (Å²) in [6.07, 6.45) is -4.74. The molecule has 1 N–H and O–H groups in total. The van der Waals surface area contributed by atoms with Gasteiger partial charge < -0.3 is 4.74 Å². The van der Waals surface area contributed by atoms with E-state index in [-0.39, 0.29) is 13.0 Å². The molecule has 0 aliphatic carbocycles. The van der Waals surface area contributed by atoms with Gasteiger partial charge in [0.25, 0.3) is 0 Å². The Hall–Kier alpha value is -0.630. The Labute approximate surface area is 120 Å². The fraction of sp³-hybridized carbons (Fsp3) is 0.917. The van der Waals surface area contributed by atoms with Crippen molar-refractivity contribution in [3.8, 4) is 0 Å². The summed E-state index contributed by atoms with van der Waals surface area (Å²) in [6, 6.07) is -2.19. The normalized spacial score (nSPS) is 17.4. The van der Waals surface area contributed by atoms with Crippen LogP contribution in [0, 0.1) is 5.92 Å². The Kier molecular flexibility index (Phi) is 7.17. The Morgan fingerprint density at radius 1 is 1.25 bits per heavy atom. The van der Waals surface area contributed by atoms with Gasteiger partial charge in [0.05, 0.1) is 28.3 Å². The number of nitrogens with one attached hydrogen (secondary N) is 1. The number of hydrogen-bond donors (Lipinski definition) is 1. The molecule has 0 heterocycles. The molecule has 0 bridgehead atoms. The van der Waals surface area contributed by atoms with Gasteiger partial charge in [0, 0.05) is 0 Å². The first-order chi connectivity index (χ1) is 8.95. The van der Waals surface area contributed by atoms with Crippen molar-refractivity contribution in [3.05, 3.63) is 0 Å². The van der Waals surface area contributed by atoms with Crippen molar-refractivity contribution in [1.82, 2.24) is 4.72 Å². The van der Waals surface area contributed by atoms with Crippen molar-refractivity contribution in [3.63, 3.8) is 0 Å². The minimum atomic E-state index is -4.69. The fourth-order valence-corrected chi connectivity index (χ4v) is 2.34. The topological polar surface area (TPSA) is 55.4 Å². The van der Waals surface area contributed by atoms with E-state index in [4.69, 9.17) is 0 Å². The summed E-state index contributed by atoms with van der Waals surface area (Å²) in [6.45, 7) is 7.64. The summed E-state index contributed by atoms with van der Waals surface area (Å²) in [5, 5.41) is 0. The minimum Gasteiger partial charge on any atom is -0.466 e. The minimum absolute atomic E-state index is 0.00225. The second-order valence-corrected chi connectivity index (χ2v) is 7.28. The molecule has 8 heteroatoms. The first-order valence-corrected chi connectivity index (χ1v) is 7.51. The van der Waals surface area contributed by atoms with Gasteiger partial charge in [-0.1, -0.05) is 6.92 Å². The number of carbonyl (C=O) groups is 1. The molecule has 0 saturated carbocycles. The predicted molar refractivity (Wildman–Crippen MR) is 71.3 cm³/mol. The van der Waals surface area contributed by atoms with Crippen LogP contribution in [0.5, 0.6) is 0 Å². The molecule has 0 aliphatic rings. The number of ether oxygens (including phenoxy) is 1. The molecule has 0 aromatic heterocycles. The molecule has 0 aromatic carbocycles. The number of rotatable bonds is 6.